The van der Waals surface area contributed by atoms with Crippen molar-refractivity contribution in [2.24, 2.45) is 0 Å². The van der Waals surface area contributed by atoms with Gasteiger partial charge in [-0.3, -0.25) is 4.79 Å². The van der Waals surface area contributed by atoms with Crippen LogP contribution in [0.15, 0.2) is 0 Å². The second-order valence-corrected chi connectivity index (χ2v) is 3.15. The summed E-state index contributed by atoms with van der Waals surface area (Å²) in [6, 6.07) is 0.221. The van der Waals surface area contributed by atoms with Crippen molar-refractivity contribution >= 4 is 5.91 Å². The number of carbonyl (C=O) groups is 1. The van der Waals surface area contributed by atoms with Crippen LogP contribution in [0.2, 0.25) is 0 Å². The van der Waals surface area contributed by atoms with Crippen LogP contribution in [0.4, 0.5) is 0 Å². The molecule has 0 aromatic carbocycles. The van der Waals surface area contributed by atoms with Crippen LogP contribution in [-0.2, 0) is 9.53 Å². The average molecular weight is 188 g/mol. The lowest BCUT2D eigenvalue weighted by Gasteiger charge is -2.17. The van der Waals surface area contributed by atoms with Gasteiger partial charge in [-0.25, -0.2) is 0 Å². The summed E-state index contributed by atoms with van der Waals surface area (Å²) < 4.78 is 4.94. The molecule has 0 aliphatic rings. The normalized spacial score (nSPS) is 12.6. The number of hydrogen-bond acceptors (Lipinski definition) is 3. The number of rotatable bonds is 6. The van der Waals surface area contributed by atoms with E-state index in [1.165, 1.54) is 0 Å². The fourth-order valence-corrected chi connectivity index (χ4v) is 0.882. The number of likely N-dealkylation sites (N-methyl/N-ethyl adjacent to an activating group) is 1. The topological polar surface area (TPSA) is 41.6 Å². The molecule has 1 unspecified atom stereocenters. The van der Waals surface area contributed by atoms with Crippen molar-refractivity contribution in [2.45, 2.75) is 19.9 Å². The minimum Gasteiger partial charge on any atom is -0.383 e. The Morgan fingerprint density at radius 1 is 1.62 bits per heavy atom. The second kappa shape index (κ2) is 6.86. The third-order valence-corrected chi connectivity index (χ3v) is 1.92. The molecule has 1 atom stereocenters. The molecule has 1 N–H and O–H groups in total. The van der Waals surface area contributed by atoms with E-state index in [1.807, 2.05) is 13.8 Å². The standard InChI is InChI=1S/C9H20N2O2/c1-5-11(3)9(12)6-10-8(2)7-13-4/h8,10H,5-7H2,1-4H3. The van der Waals surface area contributed by atoms with Crippen molar-refractivity contribution in [2.75, 3.05) is 33.9 Å². The van der Waals surface area contributed by atoms with E-state index in [1.54, 1.807) is 19.1 Å². The largest absolute Gasteiger partial charge is 0.383 e. The van der Waals surface area contributed by atoms with Gasteiger partial charge < -0.3 is 15.0 Å². The Hall–Kier alpha value is -0.610. The third-order valence-electron chi connectivity index (χ3n) is 1.92. The van der Waals surface area contributed by atoms with Gasteiger partial charge in [0.2, 0.25) is 5.91 Å². The third kappa shape index (κ3) is 5.60. The molecule has 0 aromatic heterocycles. The summed E-state index contributed by atoms with van der Waals surface area (Å²) in [4.78, 5) is 13.0. The molecule has 0 heterocycles. The Balaban J connectivity index is 3.57. The maximum absolute atomic E-state index is 11.3. The van der Waals surface area contributed by atoms with Crippen LogP contribution in [0.25, 0.3) is 0 Å². The molecule has 0 saturated heterocycles. The zero-order valence-corrected chi connectivity index (χ0v) is 8.96. The fourth-order valence-electron chi connectivity index (χ4n) is 0.882. The van der Waals surface area contributed by atoms with Gasteiger partial charge in [-0.15, -0.1) is 0 Å². The summed E-state index contributed by atoms with van der Waals surface area (Å²) in [5, 5.41) is 3.08. The van der Waals surface area contributed by atoms with Crippen LogP contribution in [0.3, 0.4) is 0 Å². The molecular weight excluding hydrogens is 168 g/mol. The molecule has 0 fully saturated rings. The van der Waals surface area contributed by atoms with E-state index in [0.29, 0.717) is 13.2 Å². The molecule has 4 heteroatoms. The lowest BCUT2D eigenvalue weighted by atomic mass is 10.3. The quantitative estimate of drug-likeness (QED) is 0.642. The lowest BCUT2D eigenvalue weighted by Crippen LogP contribution is -2.40. The highest BCUT2D eigenvalue weighted by Gasteiger charge is 2.07. The van der Waals surface area contributed by atoms with E-state index < -0.39 is 0 Å². The first-order valence-corrected chi connectivity index (χ1v) is 4.58. The number of hydrogen-bond donors (Lipinski definition) is 1. The Bertz CT molecular complexity index is 151. The van der Waals surface area contributed by atoms with Gasteiger partial charge in [-0.1, -0.05) is 0 Å². The van der Waals surface area contributed by atoms with E-state index in [0.717, 1.165) is 6.54 Å². The summed E-state index contributed by atoms with van der Waals surface area (Å²) in [7, 11) is 3.45. The van der Waals surface area contributed by atoms with Crippen LogP contribution in [0, 0.1) is 0 Å². The van der Waals surface area contributed by atoms with Crippen molar-refractivity contribution < 1.29 is 9.53 Å². The van der Waals surface area contributed by atoms with E-state index >= 15 is 0 Å². The number of methoxy groups -OCH3 is 1. The maximum atomic E-state index is 11.3. The van der Waals surface area contributed by atoms with E-state index in [4.69, 9.17) is 4.74 Å². The van der Waals surface area contributed by atoms with Gasteiger partial charge in [0.25, 0.3) is 0 Å². The minimum absolute atomic E-state index is 0.116. The van der Waals surface area contributed by atoms with Crippen LogP contribution < -0.4 is 5.32 Å². The van der Waals surface area contributed by atoms with Gasteiger partial charge in [-0.2, -0.15) is 0 Å². The molecular formula is C9H20N2O2. The molecule has 4 nitrogen and oxygen atoms in total. The molecule has 0 saturated carbocycles. The Morgan fingerprint density at radius 2 is 2.23 bits per heavy atom. The van der Waals surface area contributed by atoms with Crippen LogP contribution in [-0.4, -0.2) is 50.7 Å². The maximum Gasteiger partial charge on any atom is 0.236 e. The van der Waals surface area contributed by atoms with Crippen molar-refractivity contribution in [1.29, 1.82) is 0 Å². The summed E-state index contributed by atoms with van der Waals surface area (Å²) in [6.07, 6.45) is 0. The number of amides is 1. The molecule has 78 valence electrons. The summed E-state index contributed by atoms with van der Waals surface area (Å²) in [6.45, 7) is 5.70. The molecule has 0 aliphatic carbocycles. The Kier molecular flexibility index (Phi) is 6.54. The fraction of sp³-hybridized carbons (Fsp3) is 0.889. The number of nitrogens with one attached hydrogen (secondary N) is 1. The highest BCUT2D eigenvalue weighted by Crippen LogP contribution is 1.85. The molecule has 0 rings (SSSR count). The SMILES string of the molecule is CCN(C)C(=O)CNC(C)COC. The van der Waals surface area contributed by atoms with Crippen LogP contribution >= 0.6 is 0 Å². The molecule has 0 radical (unpaired) electrons. The molecule has 1 amide bonds. The smallest absolute Gasteiger partial charge is 0.236 e. The van der Waals surface area contributed by atoms with Crippen LogP contribution in [0.5, 0.6) is 0 Å². The predicted octanol–water partition coefficient (Wildman–Crippen LogP) is 0.0892. The molecule has 13 heavy (non-hydrogen) atoms. The van der Waals surface area contributed by atoms with Gasteiger partial charge >= 0.3 is 0 Å². The van der Waals surface area contributed by atoms with E-state index in [-0.39, 0.29) is 11.9 Å². The van der Waals surface area contributed by atoms with Crippen molar-refractivity contribution in [3.63, 3.8) is 0 Å². The predicted molar refractivity (Wildman–Crippen MR) is 52.7 cm³/mol. The zero-order chi connectivity index (χ0) is 10.3. The number of ether oxygens (including phenoxy) is 1. The minimum atomic E-state index is 0.116. The van der Waals surface area contributed by atoms with Gasteiger partial charge in [-0.05, 0) is 13.8 Å². The Labute approximate surface area is 80.2 Å². The Morgan fingerprint density at radius 3 is 2.69 bits per heavy atom. The van der Waals surface area contributed by atoms with Crippen molar-refractivity contribution in [3.8, 4) is 0 Å². The average Bonchev–Trinajstić information content (AvgIpc) is 2.13. The first-order valence-electron chi connectivity index (χ1n) is 4.58. The van der Waals surface area contributed by atoms with Gasteiger partial charge in [0.1, 0.15) is 0 Å². The van der Waals surface area contributed by atoms with Gasteiger partial charge in [0.15, 0.2) is 0 Å². The number of nitrogens with zero attached hydrogens (tertiary/aromatic N) is 1. The molecule has 0 aliphatic heterocycles. The van der Waals surface area contributed by atoms with E-state index in [9.17, 15) is 4.79 Å². The first kappa shape index (κ1) is 12.4. The molecule has 0 aromatic rings. The zero-order valence-electron chi connectivity index (χ0n) is 8.96. The van der Waals surface area contributed by atoms with Gasteiger partial charge in [0, 0.05) is 26.7 Å². The lowest BCUT2D eigenvalue weighted by molar-refractivity contribution is -0.128. The molecule has 0 bridgehead atoms. The summed E-state index contributed by atoms with van der Waals surface area (Å²) in [5.41, 5.74) is 0. The van der Waals surface area contributed by atoms with Crippen molar-refractivity contribution in [3.05, 3.63) is 0 Å². The highest BCUT2D eigenvalue weighted by atomic mass is 16.5. The van der Waals surface area contributed by atoms with Gasteiger partial charge in [0.05, 0.1) is 13.2 Å². The van der Waals surface area contributed by atoms with E-state index in [2.05, 4.69) is 5.32 Å². The monoisotopic (exact) mass is 188 g/mol. The second-order valence-electron chi connectivity index (χ2n) is 3.15. The first-order chi connectivity index (χ1) is 6.11. The van der Waals surface area contributed by atoms with Crippen molar-refractivity contribution in [1.82, 2.24) is 10.2 Å². The summed E-state index contributed by atoms with van der Waals surface area (Å²) in [5.74, 6) is 0.116. The molecule has 0 spiro atoms. The van der Waals surface area contributed by atoms with Crippen LogP contribution in [0.1, 0.15) is 13.8 Å². The number of carbonyl (C=O) groups excluding carboxylic acids is 1. The summed E-state index contributed by atoms with van der Waals surface area (Å²) >= 11 is 0. The highest BCUT2D eigenvalue weighted by molar-refractivity contribution is 5.77.